The van der Waals surface area contributed by atoms with E-state index >= 15 is 4.39 Å². The summed E-state index contributed by atoms with van der Waals surface area (Å²) in [6.45, 7) is 3.81. The molecule has 1 amide bonds. The third-order valence-corrected chi connectivity index (χ3v) is 7.67. The van der Waals surface area contributed by atoms with Gasteiger partial charge in [0.1, 0.15) is 17.3 Å². The number of nitrogens with one attached hydrogen (secondary N) is 4. The molecule has 4 N–H and O–H groups in total. The molecule has 0 aliphatic rings. The Kier molecular flexibility index (Phi) is 7.85. The minimum atomic E-state index is -3.47. The average Bonchev–Trinajstić information content (AvgIpc) is 3.58. The Labute approximate surface area is 256 Å². The molecule has 14 heteroatoms. The van der Waals surface area contributed by atoms with Crippen LogP contribution in [0.25, 0.3) is 55.8 Å². The van der Waals surface area contributed by atoms with Crippen molar-refractivity contribution in [2.75, 3.05) is 11.6 Å². The lowest BCUT2D eigenvalue weighted by atomic mass is 10.0. The van der Waals surface area contributed by atoms with Crippen LogP contribution < -0.4 is 10.0 Å². The third kappa shape index (κ3) is 6.56. The summed E-state index contributed by atoms with van der Waals surface area (Å²) in [5.41, 5.74) is 4.37. The molecule has 230 valence electrons. The van der Waals surface area contributed by atoms with Crippen molar-refractivity contribution >= 4 is 43.7 Å². The minimum absolute atomic E-state index is 0.0764. The molecular formula is C31H28F2N8O3S. The number of nitrogens with zero attached hydrogens (tertiary/aromatic N) is 4. The first-order valence-corrected chi connectivity index (χ1v) is 15.8. The van der Waals surface area contributed by atoms with E-state index in [-0.39, 0.29) is 23.9 Å². The van der Waals surface area contributed by atoms with Crippen molar-refractivity contribution in [3.8, 4) is 33.8 Å². The maximum atomic E-state index is 15.3. The molecule has 11 nitrogen and oxygen atoms in total. The molecule has 4 heterocycles. The molecule has 0 aliphatic heterocycles. The Morgan fingerprint density at radius 1 is 1.02 bits per heavy atom. The third-order valence-electron chi connectivity index (χ3n) is 7.00. The van der Waals surface area contributed by atoms with Crippen molar-refractivity contribution in [1.82, 2.24) is 34.9 Å². The molecule has 0 saturated heterocycles. The molecular weight excluding hydrogens is 602 g/mol. The van der Waals surface area contributed by atoms with Crippen LogP contribution in [0.15, 0.2) is 61.1 Å². The van der Waals surface area contributed by atoms with Crippen molar-refractivity contribution < 1.29 is 22.0 Å². The molecule has 4 aromatic heterocycles. The number of hydrogen-bond acceptors (Lipinski definition) is 7. The number of fused-ring (bicyclic) bond motifs is 2. The second kappa shape index (κ2) is 11.8. The Morgan fingerprint density at radius 3 is 2.62 bits per heavy atom. The zero-order chi connectivity index (χ0) is 31.9. The number of H-pyrrole nitrogens is 2. The van der Waals surface area contributed by atoms with Crippen LogP contribution in [0.1, 0.15) is 25.8 Å². The van der Waals surface area contributed by atoms with Crippen molar-refractivity contribution in [3.05, 3.63) is 78.3 Å². The highest BCUT2D eigenvalue weighted by Gasteiger charge is 2.19. The van der Waals surface area contributed by atoms with E-state index < -0.39 is 21.7 Å². The first-order valence-electron chi connectivity index (χ1n) is 14.0. The summed E-state index contributed by atoms with van der Waals surface area (Å²) < 4.78 is 55.4. The van der Waals surface area contributed by atoms with Crippen LogP contribution in [0.2, 0.25) is 0 Å². The predicted molar refractivity (Wildman–Crippen MR) is 167 cm³/mol. The summed E-state index contributed by atoms with van der Waals surface area (Å²) in [5.74, 6) is -0.674. The maximum Gasteiger partial charge on any atom is 0.224 e. The van der Waals surface area contributed by atoms with Gasteiger partial charge in [-0.3, -0.25) is 14.9 Å². The SMILES string of the molecule is CC(C)CC(=O)Nc1cncc(-c2cc3c(-c4nc5nccc(-c6cc(F)cc(CNS(C)(=O)=O)c6)c5[nH]4)n[nH]c3cc2F)c1. The molecule has 0 spiro atoms. The van der Waals surface area contributed by atoms with Crippen molar-refractivity contribution in [3.63, 3.8) is 0 Å². The van der Waals surface area contributed by atoms with E-state index in [2.05, 4.69) is 40.2 Å². The molecule has 0 bridgehead atoms. The van der Waals surface area contributed by atoms with E-state index in [0.29, 0.717) is 67.9 Å². The van der Waals surface area contributed by atoms with Crippen LogP contribution in [0.3, 0.4) is 0 Å². The number of benzene rings is 2. The van der Waals surface area contributed by atoms with E-state index in [9.17, 15) is 17.6 Å². The van der Waals surface area contributed by atoms with Gasteiger partial charge >= 0.3 is 0 Å². The average molecular weight is 631 g/mol. The molecule has 0 saturated carbocycles. The number of anilines is 1. The molecule has 0 aliphatic carbocycles. The molecule has 45 heavy (non-hydrogen) atoms. The fourth-order valence-electron chi connectivity index (χ4n) is 5.06. The standard InChI is InChI=1S/C31H28F2N8O3S/c1-16(2)6-27(42)37-21-10-19(14-34-15-21)23-11-24-26(12-25(23)33)40-41-29(24)31-38-28-22(4-5-35-30(28)39-31)18-7-17(8-20(32)9-18)13-36-45(3,43)44/h4-5,7-12,14-16,36H,6,13H2,1-3H3,(H,37,42)(H,40,41)(H,35,38,39). The molecule has 0 radical (unpaired) electrons. The number of aromatic nitrogens is 6. The molecule has 0 atom stereocenters. The van der Waals surface area contributed by atoms with Gasteiger partial charge in [0.05, 0.1) is 29.2 Å². The fourth-order valence-corrected chi connectivity index (χ4v) is 5.49. The largest absolute Gasteiger partial charge is 0.335 e. The zero-order valence-electron chi connectivity index (χ0n) is 24.4. The number of halogens is 2. The highest BCUT2D eigenvalue weighted by Crippen LogP contribution is 2.34. The van der Waals surface area contributed by atoms with E-state index in [4.69, 9.17) is 0 Å². The monoisotopic (exact) mass is 630 g/mol. The van der Waals surface area contributed by atoms with Crippen molar-refractivity contribution in [2.45, 2.75) is 26.8 Å². The van der Waals surface area contributed by atoms with Crippen LogP contribution in [-0.2, 0) is 21.4 Å². The van der Waals surface area contributed by atoms with E-state index in [1.807, 2.05) is 13.8 Å². The molecule has 2 aromatic carbocycles. The van der Waals surface area contributed by atoms with Crippen LogP contribution >= 0.6 is 0 Å². The van der Waals surface area contributed by atoms with Gasteiger partial charge in [0.2, 0.25) is 15.9 Å². The van der Waals surface area contributed by atoms with Crippen molar-refractivity contribution in [1.29, 1.82) is 0 Å². The summed E-state index contributed by atoms with van der Waals surface area (Å²) in [6, 6.07) is 10.6. The Hall–Kier alpha value is -5.08. The number of carbonyl (C=O) groups excluding carboxylic acids is 1. The zero-order valence-corrected chi connectivity index (χ0v) is 25.3. The van der Waals surface area contributed by atoms with E-state index in [1.54, 1.807) is 24.3 Å². The molecule has 0 fully saturated rings. The summed E-state index contributed by atoms with van der Waals surface area (Å²) in [6.07, 6.45) is 5.93. The number of aromatic amines is 2. The molecule has 6 rings (SSSR count). The summed E-state index contributed by atoms with van der Waals surface area (Å²) in [4.78, 5) is 28.7. The van der Waals surface area contributed by atoms with Gasteiger partial charge in [0.25, 0.3) is 0 Å². The quantitative estimate of drug-likeness (QED) is 0.163. The van der Waals surface area contributed by atoms with Crippen LogP contribution in [-0.4, -0.2) is 50.7 Å². The smallest absolute Gasteiger partial charge is 0.224 e. The lowest BCUT2D eigenvalue weighted by Gasteiger charge is -2.09. The summed E-state index contributed by atoms with van der Waals surface area (Å²) in [5, 5.41) is 10.6. The van der Waals surface area contributed by atoms with Gasteiger partial charge in [0, 0.05) is 53.5 Å². The number of sulfonamides is 1. The van der Waals surface area contributed by atoms with Gasteiger partial charge < -0.3 is 10.3 Å². The highest BCUT2D eigenvalue weighted by atomic mass is 32.2. The number of imidazole rings is 1. The number of carbonyl (C=O) groups is 1. The van der Waals surface area contributed by atoms with Gasteiger partial charge in [-0.2, -0.15) is 5.10 Å². The van der Waals surface area contributed by atoms with Gasteiger partial charge in [-0.05, 0) is 53.4 Å². The number of rotatable bonds is 9. The van der Waals surface area contributed by atoms with Crippen LogP contribution in [0.5, 0.6) is 0 Å². The van der Waals surface area contributed by atoms with Gasteiger partial charge in [0.15, 0.2) is 11.5 Å². The first-order chi connectivity index (χ1) is 21.4. The lowest BCUT2D eigenvalue weighted by molar-refractivity contribution is -0.116. The van der Waals surface area contributed by atoms with Gasteiger partial charge in [-0.25, -0.2) is 31.9 Å². The van der Waals surface area contributed by atoms with Gasteiger partial charge in [-0.15, -0.1) is 0 Å². The van der Waals surface area contributed by atoms with Crippen LogP contribution in [0.4, 0.5) is 14.5 Å². The van der Waals surface area contributed by atoms with E-state index in [1.165, 1.54) is 36.8 Å². The first kappa shape index (κ1) is 30.0. The minimum Gasteiger partial charge on any atom is -0.335 e. The Balaban J connectivity index is 1.38. The topological polar surface area (TPSA) is 158 Å². The second-order valence-corrected chi connectivity index (χ2v) is 13.0. The molecule has 6 aromatic rings. The Bertz CT molecular complexity index is 2190. The second-order valence-electron chi connectivity index (χ2n) is 11.1. The highest BCUT2D eigenvalue weighted by molar-refractivity contribution is 7.88. The summed E-state index contributed by atoms with van der Waals surface area (Å²) in [7, 11) is -3.47. The van der Waals surface area contributed by atoms with Crippen LogP contribution in [0, 0.1) is 17.6 Å². The van der Waals surface area contributed by atoms with E-state index in [0.717, 1.165) is 6.26 Å². The lowest BCUT2D eigenvalue weighted by Crippen LogP contribution is -2.21. The number of hydrogen-bond donors (Lipinski definition) is 4. The number of amides is 1. The van der Waals surface area contributed by atoms with Crippen molar-refractivity contribution in [2.24, 2.45) is 5.92 Å². The number of pyridine rings is 2. The predicted octanol–water partition coefficient (Wildman–Crippen LogP) is 5.54. The molecule has 0 unspecified atom stereocenters. The fraction of sp³-hybridized carbons (Fsp3) is 0.194. The summed E-state index contributed by atoms with van der Waals surface area (Å²) >= 11 is 0. The Morgan fingerprint density at radius 2 is 1.84 bits per heavy atom. The normalized spacial score (nSPS) is 12.0. The van der Waals surface area contributed by atoms with Gasteiger partial charge in [-0.1, -0.05) is 13.8 Å². The maximum absolute atomic E-state index is 15.3.